The predicted molar refractivity (Wildman–Crippen MR) is 130 cm³/mol. The van der Waals surface area contributed by atoms with Gasteiger partial charge in [-0.25, -0.2) is 0 Å². The Bertz CT molecular complexity index is 1470. The first kappa shape index (κ1) is 21.8. The molecule has 3 heterocycles. The van der Waals surface area contributed by atoms with Crippen molar-refractivity contribution in [1.82, 2.24) is 24.8 Å². The van der Waals surface area contributed by atoms with E-state index in [9.17, 15) is 4.79 Å². The molecule has 1 N–H and O–H groups in total. The van der Waals surface area contributed by atoms with Crippen LogP contribution in [0.1, 0.15) is 0 Å². The van der Waals surface area contributed by atoms with Gasteiger partial charge in [-0.15, -0.1) is 10.2 Å². The van der Waals surface area contributed by atoms with Gasteiger partial charge >= 0.3 is 0 Å². The maximum atomic E-state index is 12.3. The Labute approximate surface area is 204 Å². The van der Waals surface area contributed by atoms with Crippen molar-refractivity contribution in [2.45, 2.75) is 0 Å². The third-order valence-electron chi connectivity index (χ3n) is 4.90. The number of aromatic nitrogens is 5. The summed E-state index contributed by atoms with van der Waals surface area (Å²) in [5, 5.41) is 16.7. The highest BCUT2D eigenvalue weighted by Gasteiger charge is 2.12. The SMILES string of the molecule is O=C(COc1ccc(Cl)cc1Cl)Nc1ccc(-c2ccc3nnc(-c4cccnc4)n3n2)cc1. The molecule has 0 unspecified atom stereocenters. The maximum absolute atomic E-state index is 12.3. The molecule has 10 heteroatoms. The van der Waals surface area contributed by atoms with E-state index in [1.807, 2.05) is 36.4 Å². The molecule has 0 spiro atoms. The third kappa shape index (κ3) is 4.68. The summed E-state index contributed by atoms with van der Waals surface area (Å²) in [5.74, 6) is 0.677. The van der Waals surface area contributed by atoms with Gasteiger partial charge in [0, 0.05) is 34.2 Å². The molecule has 0 saturated carbocycles. The number of ether oxygens (including phenoxy) is 1. The van der Waals surface area contributed by atoms with E-state index in [1.54, 1.807) is 47.2 Å². The molecule has 0 bridgehead atoms. The lowest BCUT2D eigenvalue weighted by Crippen LogP contribution is -2.20. The fourth-order valence-electron chi connectivity index (χ4n) is 3.27. The molecule has 8 nitrogen and oxygen atoms in total. The number of benzene rings is 2. The summed E-state index contributed by atoms with van der Waals surface area (Å²) in [6.07, 6.45) is 3.41. The zero-order valence-electron chi connectivity index (χ0n) is 17.5. The molecule has 34 heavy (non-hydrogen) atoms. The summed E-state index contributed by atoms with van der Waals surface area (Å²) < 4.78 is 7.15. The molecular formula is C24H16Cl2N6O2. The van der Waals surface area contributed by atoms with Crippen LogP contribution in [-0.4, -0.2) is 37.3 Å². The van der Waals surface area contributed by atoms with Crippen molar-refractivity contribution < 1.29 is 9.53 Å². The quantitative estimate of drug-likeness (QED) is 0.352. The average molecular weight is 491 g/mol. The number of fused-ring (bicyclic) bond motifs is 1. The minimum atomic E-state index is -0.316. The molecule has 2 aromatic carbocycles. The Kier molecular flexibility index (Phi) is 6.07. The number of carbonyl (C=O) groups is 1. The number of nitrogens with one attached hydrogen (secondary N) is 1. The number of hydrogen-bond donors (Lipinski definition) is 1. The van der Waals surface area contributed by atoms with Gasteiger partial charge in [-0.05, 0) is 54.6 Å². The van der Waals surface area contributed by atoms with Crippen LogP contribution in [0.15, 0.2) is 79.1 Å². The van der Waals surface area contributed by atoms with E-state index >= 15 is 0 Å². The van der Waals surface area contributed by atoms with E-state index in [0.717, 1.165) is 16.8 Å². The van der Waals surface area contributed by atoms with E-state index in [2.05, 4.69) is 25.6 Å². The fraction of sp³-hybridized carbons (Fsp3) is 0.0417. The number of rotatable bonds is 6. The minimum absolute atomic E-state index is 0.188. The van der Waals surface area contributed by atoms with Gasteiger partial charge in [0.2, 0.25) is 0 Å². The number of anilines is 1. The average Bonchev–Trinajstić information content (AvgIpc) is 3.28. The summed E-state index contributed by atoms with van der Waals surface area (Å²) in [6.45, 7) is -0.188. The van der Waals surface area contributed by atoms with Gasteiger partial charge in [-0.2, -0.15) is 9.61 Å². The van der Waals surface area contributed by atoms with Crippen LogP contribution in [0.4, 0.5) is 5.69 Å². The van der Waals surface area contributed by atoms with Crippen LogP contribution in [0.5, 0.6) is 5.75 Å². The van der Waals surface area contributed by atoms with Gasteiger partial charge in [-0.3, -0.25) is 9.78 Å². The Morgan fingerprint density at radius 1 is 0.971 bits per heavy atom. The molecule has 5 aromatic rings. The zero-order chi connectivity index (χ0) is 23.5. The van der Waals surface area contributed by atoms with Gasteiger partial charge in [0.15, 0.2) is 18.1 Å². The molecule has 0 atom stereocenters. The molecule has 1 amide bonds. The molecule has 0 aliphatic carbocycles. The first-order chi connectivity index (χ1) is 16.6. The molecule has 3 aromatic heterocycles. The Morgan fingerprint density at radius 2 is 1.82 bits per heavy atom. The number of nitrogens with zero attached hydrogens (tertiary/aromatic N) is 5. The molecule has 0 aliphatic heterocycles. The Balaban J connectivity index is 1.28. The monoisotopic (exact) mass is 490 g/mol. The Morgan fingerprint density at radius 3 is 2.59 bits per heavy atom. The van der Waals surface area contributed by atoms with E-state index in [0.29, 0.717) is 33.0 Å². The molecule has 5 rings (SSSR count). The van der Waals surface area contributed by atoms with Crippen LogP contribution in [0.2, 0.25) is 10.0 Å². The second-order valence-electron chi connectivity index (χ2n) is 7.24. The summed E-state index contributed by atoms with van der Waals surface area (Å²) in [5.41, 5.74) is 3.68. The van der Waals surface area contributed by atoms with Gasteiger partial charge in [0.05, 0.1) is 10.7 Å². The number of halogens is 2. The summed E-state index contributed by atoms with van der Waals surface area (Å²) in [6, 6.07) is 19.6. The van der Waals surface area contributed by atoms with Crippen molar-refractivity contribution in [2.24, 2.45) is 0 Å². The molecule has 0 radical (unpaired) electrons. The highest BCUT2D eigenvalue weighted by Crippen LogP contribution is 2.27. The summed E-state index contributed by atoms with van der Waals surface area (Å²) in [4.78, 5) is 16.4. The number of hydrogen-bond acceptors (Lipinski definition) is 6. The Hall–Kier alpha value is -4.01. The highest BCUT2D eigenvalue weighted by atomic mass is 35.5. The van der Waals surface area contributed by atoms with Gasteiger partial charge in [0.25, 0.3) is 5.91 Å². The summed E-state index contributed by atoms with van der Waals surface area (Å²) in [7, 11) is 0. The van der Waals surface area contributed by atoms with Crippen LogP contribution in [0.25, 0.3) is 28.3 Å². The maximum Gasteiger partial charge on any atom is 0.262 e. The standard InChI is InChI=1S/C24H16Cl2N6O2/c25-17-5-9-21(19(26)12-17)34-14-23(33)28-18-6-3-15(4-7-18)20-8-10-22-29-30-24(32(22)31-20)16-2-1-11-27-13-16/h1-13H,14H2,(H,28,33). The normalized spacial score (nSPS) is 10.9. The van der Waals surface area contributed by atoms with Crippen LogP contribution >= 0.6 is 23.2 Å². The van der Waals surface area contributed by atoms with E-state index in [1.165, 1.54) is 0 Å². The molecular weight excluding hydrogens is 475 g/mol. The lowest BCUT2D eigenvalue weighted by Gasteiger charge is -2.09. The van der Waals surface area contributed by atoms with Crippen LogP contribution in [0.3, 0.4) is 0 Å². The van der Waals surface area contributed by atoms with E-state index in [4.69, 9.17) is 27.9 Å². The predicted octanol–water partition coefficient (Wildman–Crippen LogP) is 5.18. The smallest absolute Gasteiger partial charge is 0.262 e. The zero-order valence-corrected chi connectivity index (χ0v) is 19.0. The van der Waals surface area contributed by atoms with Crippen LogP contribution in [0, 0.1) is 0 Å². The fourth-order valence-corrected chi connectivity index (χ4v) is 3.74. The van der Waals surface area contributed by atoms with Crippen molar-refractivity contribution in [3.63, 3.8) is 0 Å². The van der Waals surface area contributed by atoms with Crippen molar-refractivity contribution in [2.75, 3.05) is 11.9 Å². The molecule has 0 aliphatic rings. The second-order valence-corrected chi connectivity index (χ2v) is 8.09. The van der Waals surface area contributed by atoms with Crippen molar-refractivity contribution >= 4 is 40.4 Å². The molecule has 0 fully saturated rings. The number of amides is 1. The van der Waals surface area contributed by atoms with Gasteiger partial charge < -0.3 is 10.1 Å². The van der Waals surface area contributed by atoms with E-state index < -0.39 is 0 Å². The molecule has 0 saturated heterocycles. The van der Waals surface area contributed by atoms with Gasteiger partial charge in [-0.1, -0.05) is 35.3 Å². The highest BCUT2D eigenvalue weighted by molar-refractivity contribution is 6.35. The van der Waals surface area contributed by atoms with Crippen molar-refractivity contribution in [3.8, 4) is 28.4 Å². The lowest BCUT2D eigenvalue weighted by molar-refractivity contribution is -0.118. The molecule has 168 valence electrons. The lowest BCUT2D eigenvalue weighted by atomic mass is 10.1. The number of carbonyl (C=O) groups excluding carboxylic acids is 1. The first-order valence-electron chi connectivity index (χ1n) is 10.2. The summed E-state index contributed by atoms with van der Waals surface area (Å²) >= 11 is 11.9. The third-order valence-corrected chi connectivity index (χ3v) is 5.43. The minimum Gasteiger partial charge on any atom is -0.482 e. The van der Waals surface area contributed by atoms with Crippen LogP contribution in [-0.2, 0) is 4.79 Å². The largest absolute Gasteiger partial charge is 0.482 e. The second kappa shape index (κ2) is 9.46. The number of pyridine rings is 1. The van der Waals surface area contributed by atoms with Crippen LogP contribution < -0.4 is 10.1 Å². The first-order valence-corrected chi connectivity index (χ1v) is 10.9. The van der Waals surface area contributed by atoms with Gasteiger partial charge in [0.1, 0.15) is 5.75 Å². The van der Waals surface area contributed by atoms with E-state index in [-0.39, 0.29) is 12.5 Å². The van der Waals surface area contributed by atoms with Crippen molar-refractivity contribution in [1.29, 1.82) is 0 Å². The van der Waals surface area contributed by atoms with Crippen molar-refractivity contribution in [3.05, 3.63) is 89.2 Å². The topological polar surface area (TPSA) is 94.3 Å².